The minimum Gasteiger partial charge on any atom is -0.471 e. The molecule has 3 rings (SSSR count). The molecule has 0 radical (unpaired) electrons. The number of amidine groups is 1. The average Bonchev–Trinajstić information content (AvgIpc) is 3.10. The summed E-state index contributed by atoms with van der Waals surface area (Å²) in [6.07, 6.45) is 2.95. The molecule has 26 heavy (non-hydrogen) atoms. The third-order valence-electron chi connectivity index (χ3n) is 3.77. The van der Waals surface area contributed by atoms with Gasteiger partial charge < -0.3 is 20.2 Å². The van der Waals surface area contributed by atoms with Crippen molar-refractivity contribution in [2.45, 2.75) is 6.42 Å². The monoisotopic (exact) mass is 351 g/mol. The van der Waals surface area contributed by atoms with Gasteiger partial charge >= 0.3 is 5.97 Å². The van der Waals surface area contributed by atoms with E-state index in [1.165, 1.54) is 12.5 Å². The van der Waals surface area contributed by atoms with Crippen LogP contribution in [0.25, 0.3) is 10.8 Å². The smallest absolute Gasteiger partial charge is 0.312 e. The van der Waals surface area contributed by atoms with Crippen LogP contribution in [0.5, 0.6) is 5.75 Å². The molecule has 0 aliphatic rings. The number of nitrogen functional groups attached to an aromatic ring is 1. The van der Waals surface area contributed by atoms with Gasteiger partial charge in [-0.2, -0.15) is 0 Å². The molecule has 0 saturated carbocycles. The van der Waals surface area contributed by atoms with Crippen LogP contribution in [0.4, 0.5) is 0 Å². The first-order chi connectivity index (χ1) is 12.6. The largest absolute Gasteiger partial charge is 0.471 e. The van der Waals surface area contributed by atoms with Gasteiger partial charge in [-0.3, -0.25) is 15.0 Å². The molecule has 0 aliphatic heterocycles. The summed E-state index contributed by atoms with van der Waals surface area (Å²) in [6.45, 7) is 0.0933. The van der Waals surface area contributed by atoms with Gasteiger partial charge in [-0.1, -0.05) is 24.3 Å². The zero-order valence-corrected chi connectivity index (χ0v) is 13.8. The van der Waals surface area contributed by atoms with Gasteiger partial charge in [-0.25, -0.2) is 0 Å². The molecule has 0 unspecified atom stereocenters. The fourth-order valence-corrected chi connectivity index (χ4v) is 2.55. The Kier molecular flexibility index (Phi) is 4.98. The summed E-state index contributed by atoms with van der Waals surface area (Å²) in [6, 6.07) is 12.0. The maximum Gasteiger partial charge on any atom is 0.312 e. The van der Waals surface area contributed by atoms with Crippen molar-refractivity contribution in [2.75, 3.05) is 6.54 Å². The number of fused-ring (bicyclic) bond motifs is 1. The number of amides is 1. The number of nitrogens with two attached hydrogens (primary N) is 1. The number of para-hydroxylation sites is 1. The second-order valence-corrected chi connectivity index (χ2v) is 5.57. The Balaban J connectivity index is 1.66. The predicted octanol–water partition coefficient (Wildman–Crippen LogP) is 2.44. The fraction of sp³-hybridized carbons (Fsp3) is 0.105. The van der Waals surface area contributed by atoms with Gasteiger partial charge in [0.2, 0.25) is 0 Å². The van der Waals surface area contributed by atoms with E-state index >= 15 is 0 Å². The van der Waals surface area contributed by atoms with E-state index in [4.69, 9.17) is 20.3 Å². The molecule has 0 bridgehead atoms. The quantitative estimate of drug-likeness (QED) is 0.273. The number of rotatable bonds is 6. The van der Waals surface area contributed by atoms with Gasteiger partial charge in [0.15, 0.2) is 0 Å². The van der Waals surface area contributed by atoms with Crippen molar-refractivity contribution in [3.05, 3.63) is 66.1 Å². The van der Waals surface area contributed by atoms with E-state index in [0.717, 1.165) is 5.39 Å². The zero-order valence-electron chi connectivity index (χ0n) is 13.8. The van der Waals surface area contributed by atoms with Crippen LogP contribution in [0.15, 0.2) is 59.4 Å². The lowest BCUT2D eigenvalue weighted by molar-refractivity contribution is -0.134. The van der Waals surface area contributed by atoms with Crippen molar-refractivity contribution in [3.63, 3.8) is 0 Å². The molecule has 1 aromatic heterocycles. The molecule has 0 fully saturated rings. The molecule has 0 saturated heterocycles. The maximum atomic E-state index is 12.6. The van der Waals surface area contributed by atoms with Crippen molar-refractivity contribution in [1.82, 2.24) is 5.32 Å². The number of hydrogen-bond donors (Lipinski definition) is 3. The van der Waals surface area contributed by atoms with Gasteiger partial charge in [-0.15, -0.1) is 0 Å². The van der Waals surface area contributed by atoms with Crippen LogP contribution in [-0.2, 0) is 4.79 Å². The minimum absolute atomic E-state index is 0.0113. The highest BCUT2D eigenvalue weighted by Crippen LogP contribution is 2.23. The van der Waals surface area contributed by atoms with Gasteiger partial charge in [0.1, 0.15) is 11.6 Å². The summed E-state index contributed by atoms with van der Waals surface area (Å²) in [5.74, 6) is -0.660. The number of esters is 1. The first kappa shape index (κ1) is 17.2. The fourth-order valence-electron chi connectivity index (χ4n) is 2.55. The highest BCUT2D eigenvalue weighted by atomic mass is 16.5. The summed E-state index contributed by atoms with van der Waals surface area (Å²) in [7, 11) is 0. The lowest BCUT2D eigenvalue weighted by Gasteiger charge is -2.10. The SMILES string of the molecule is N=C(N)c1ccc2cocc2c1C(=O)NCCC(=O)Oc1ccccc1. The average molecular weight is 351 g/mol. The number of benzene rings is 2. The molecule has 2 aromatic carbocycles. The van der Waals surface area contributed by atoms with E-state index in [1.54, 1.807) is 36.4 Å². The first-order valence-electron chi connectivity index (χ1n) is 7.93. The molecule has 7 nitrogen and oxygen atoms in total. The number of carbonyl (C=O) groups excluding carboxylic acids is 2. The molecule has 0 atom stereocenters. The van der Waals surface area contributed by atoms with Crippen LogP contribution in [0.1, 0.15) is 22.3 Å². The standard InChI is InChI=1S/C19H17N3O4/c20-18(21)14-7-6-12-10-25-11-15(12)17(14)19(24)22-9-8-16(23)26-13-4-2-1-3-5-13/h1-7,10-11H,8-9H2,(H3,20,21)(H,22,24). The molecule has 132 valence electrons. The number of nitrogens with one attached hydrogen (secondary N) is 2. The molecule has 0 spiro atoms. The van der Waals surface area contributed by atoms with Gasteiger partial charge in [-0.05, 0) is 18.2 Å². The minimum atomic E-state index is -0.454. The summed E-state index contributed by atoms with van der Waals surface area (Å²) >= 11 is 0. The van der Waals surface area contributed by atoms with Crippen LogP contribution >= 0.6 is 0 Å². The predicted molar refractivity (Wildman–Crippen MR) is 96.3 cm³/mol. The van der Waals surface area contributed by atoms with E-state index < -0.39 is 11.9 Å². The molecule has 0 aliphatic carbocycles. The molecule has 7 heteroatoms. The topological polar surface area (TPSA) is 118 Å². The highest BCUT2D eigenvalue weighted by molar-refractivity contribution is 6.15. The normalized spacial score (nSPS) is 10.5. The molecule has 1 amide bonds. The molecular weight excluding hydrogens is 334 g/mol. The Morgan fingerprint density at radius 3 is 2.62 bits per heavy atom. The Hall–Kier alpha value is -3.61. The van der Waals surface area contributed by atoms with Crippen molar-refractivity contribution >= 4 is 28.5 Å². The Morgan fingerprint density at radius 1 is 1.12 bits per heavy atom. The summed E-state index contributed by atoms with van der Waals surface area (Å²) < 4.78 is 10.3. The van der Waals surface area contributed by atoms with E-state index in [1.807, 2.05) is 6.07 Å². The second-order valence-electron chi connectivity index (χ2n) is 5.57. The lowest BCUT2D eigenvalue weighted by Crippen LogP contribution is -2.29. The van der Waals surface area contributed by atoms with Crippen LogP contribution < -0.4 is 15.8 Å². The van der Waals surface area contributed by atoms with Gasteiger partial charge in [0, 0.05) is 22.9 Å². The highest BCUT2D eigenvalue weighted by Gasteiger charge is 2.18. The van der Waals surface area contributed by atoms with Crippen molar-refractivity contribution < 1.29 is 18.7 Å². The molecular formula is C19H17N3O4. The number of furan rings is 1. The van der Waals surface area contributed by atoms with Crippen LogP contribution in [-0.4, -0.2) is 24.3 Å². The molecule has 3 aromatic rings. The Morgan fingerprint density at radius 2 is 1.88 bits per heavy atom. The summed E-state index contributed by atoms with van der Waals surface area (Å²) in [5, 5.41) is 11.6. The van der Waals surface area contributed by atoms with Gasteiger partial charge in [0.05, 0.1) is 24.5 Å². The van der Waals surface area contributed by atoms with E-state index in [0.29, 0.717) is 16.7 Å². The number of ether oxygens (including phenoxy) is 1. The summed E-state index contributed by atoms with van der Waals surface area (Å²) in [4.78, 5) is 24.4. The Labute approximate surface area is 149 Å². The van der Waals surface area contributed by atoms with E-state index in [9.17, 15) is 9.59 Å². The second kappa shape index (κ2) is 7.52. The summed E-state index contributed by atoms with van der Waals surface area (Å²) in [5.41, 5.74) is 6.13. The third-order valence-corrected chi connectivity index (χ3v) is 3.77. The van der Waals surface area contributed by atoms with Gasteiger partial charge in [0.25, 0.3) is 5.91 Å². The third kappa shape index (κ3) is 3.72. The van der Waals surface area contributed by atoms with Crippen LogP contribution in [0.3, 0.4) is 0 Å². The Bertz CT molecular complexity index is 963. The van der Waals surface area contributed by atoms with Crippen molar-refractivity contribution in [2.24, 2.45) is 5.73 Å². The first-order valence-corrected chi connectivity index (χ1v) is 7.93. The maximum absolute atomic E-state index is 12.6. The number of hydrogen-bond acceptors (Lipinski definition) is 5. The number of carbonyl (C=O) groups is 2. The zero-order chi connectivity index (χ0) is 18.5. The van der Waals surface area contributed by atoms with Crippen molar-refractivity contribution in [1.29, 1.82) is 5.41 Å². The molecule has 1 heterocycles. The van der Waals surface area contributed by atoms with Crippen molar-refractivity contribution in [3.8, 4) is 5.75 Å². The van der Waals surface area contributed by atoms with Crippen LogP contribution in [0, 0.1) is 5.41 Å². The molecule has 4 N–H and O–H groups in total. The van der Waals surface area contributed by atoms with Crippen LogP contribution in [0.2, 0.25) is 0 Å². The van der Waals surface area contributed by atoms with E-state index in [-0.39, 0.29) is 24.4 Å². The lowest BCUT2D eigenvalue weighted by atomic mass is 10.0. The van der Waals surface area contributed by atoms with E-state index in [2.05, 4.69) is 5.32 Å².